The number of nitrogens with one attached hydrogen (secondary N) is 1. The number of oxazole rings is 1. The second-order valence-electron chi connectivity index (χ2n) is 7.38. The molecule has 3 aromatic rings. The van der Waals surface area contributed by atoms with Gasteiger partial charge in [0.1, 0.15) is 10.6 Å². The summed E-state index contributed by atoms with van der Waals surface area (Å²) in [6, 6.07) is 10.2. The molecular weight excluding hydrogens is 384 g/mol. The van der Waals surface area contributed by atoms with Crippen molar-refractivity contribution in [2.75, 3.05) is 25.0 Å². The molecule has 6 nitrogen and oxygen atoms in total. The molecule has 29 heavy (non-hydrogen) atoms. The number of carbonyl (C=O) groups is 1. The number of rotatable bonds is 6. The predicted molar refractivity (Wildman–Crippen MR) is 115 cm³/mol. The first-order chi connectivity index (χ1) is 14.1. The molecule has 0 bridgehead atoms. The van der Waals surface area contributed by atoms with Crippen LogP contribution in [0.2, 0.25) is 0 Å². The molecule has 0 spiro atoms. The summed E-state index contributed by atoms with van der Waals surface area (Å²) in [4.78, 5) is 24.7. The van der Waals surface area contributed by atoms with E-state index in [1.165, 1.54) is 16.9 Å². The molecule has 1 saturated heterocycles. The van der Waals surface area contributed by atoms with Crippen molar-refractivity contribution in [3.05, 3.63) is 64.3 Å². The maximum atomic E-state index is 13.1. The zero-order valence-electron chi connectivity index (χ0n) is 16.9. The van der Waals surface area contributed by atoms with Crippen molar-refractivity contribution < 1.29 is 9.21 Å². The minimum atomic E-state index is 0.0601. The Balaban J connectivity index is 1.44. The number of amides is 1. The van der Waals surface area contributed by atoms with Gasteiger partial charge in [0.25, 0.3) is 5.91 Å². The van der Waals surface area contributed by atoms with Gasteiger partial charge in [-0.15, -0.1) is 0 Å². The van der Waals surface area contributed by atoms with Crippen LogP contribution in [0.3, 0.4) is 0 Å². The van der Waals surface area contributed by atoms with Crippen LogP contribution in [-0.4, -0.2) is 40.4 Å². The molecule has 3 heterocycles. The average molecular weight is 411 g/mol. The molecule has 1 fully saturated rings. The summed E-state index contributed by atoms with van der Waals surface area (Å²) in [7, 11) is 0. The van der Waals surface area contributed by atoms with E-state index in [2.05, 4.69) is 27.4 Å². The number of carbonyl (C=O) groups excluding carboxylic acids is 1. The zero-order chi connectivity index (χ0) is 20.2. The number of hydrogen-bond donors (Lipinski definition) is 1. The smallest absolute Gasteiger partial charge is 0.265 e. The van der Waals surface area contributed by atoms with E-state index in [1.54, 1.807) is 0 Å². The second kappa shape index (κ2) is 8.78. The Morgan fingerprint density at radius 1 is 1.34 bits per heavy atom. The number of nitrogens with zero attached hydrogens (tertiary/aromatic N) is 3. The maximum Gasteiger partial charge on any atom is 0.265 e. The second-order valence-corrected chi connectivity index (χ2v) is 8.38. The first-order valence-corrected chi connectivity index (χ1v) is 10.9. The normalized spacial score (nSPS) is 16.8. The Kier molecular flexibility index (Phi) is 5.94. The highest BCUT2D eigenvalue weighted by molar-refractivity contribution is 7.17. The molecule has 2 aromatic heterocycles. The Morgan fingerprint density at radius 2 is 2.17 bits per heavy atom. The summed E-state index contributed by atoms with van der Waals surface area (Å²) in [5.41, 5.74) is 1.99. The lowest BCUT2D eigenvalue weighted by atomic mass is 9.98. The van der Waals surface area contributed by atoms with E-state index in [0.29, 0.717) is 6.54 Å². The van der Waals surface area contributed by atoms with Gasteiger partial charge in [0.05, 0.1) is 17.8 Å². The number of piperidine rings is 1. The third kappa shape index (κ3) is 4.50. The van der Waals surface area contributed by atoms with E-state index in [9.17, 15) is 4.79 Å². The fourth-order valence-corrected chi connectivity index (χ4v) is 4.72. The van der Waals surface area contributed by atoms with Gasteiger partial charge >= 0.3 is 0 Å². The number of thiazole rings is 1. The predicted octanol–water partition coefficient (Wildman–Crippen LogP) is 4.48. The molecule has 1 N–H and O–H groups in total. The van der Waals surface area contributed by atoms with E-state index >= 15 is 0 Å². The van der Waals surface area contributed by atoms with E-state index in [0.717, 1.165) is 59.7 Å². The Labute approximate surface area is 175 Å². The molecule has 1 amide bonds. The number of aryl methyl sites for hydroxylation is 1. The number of anilines is 1. The van der Waals surface area contributed by atoms with E-state index in [4.69, 9.17) is 4.42 Å². The maximum absolute atomic E-state index is 13.1. The van der Waals surface area contributed by atoms with Crippen molar-refractivity contribution in [3.8, 4) is 0 Å². The van der Waals surface area contributed by atoms with Crippen molar-refractivity contribution in [2.45, 2.75) is 39.0 Å². The molecule has 1 atom stereocenters. The van der Waals surface area contributed by atoms with Crippen LogP contribution in [0, 0.1) is 6.92 Å². The van der Waals surface area contributed by atoms with Crippen molar-refractivity contribution >= 4 is 22.4 Å². The molecule has 0 unspecified atom stereocenters. The first-order valence-electron chi connectivity index (χ1n) is 10.1. The van der Waals surface area contributed by atoms with E-state index in [1.807, 2.05) is 43.1 Å². The molecule has 1 aliphatic rings. The highest BCUT2D eigenvalue weighted by atomic mass is 32.1. The summed E-state index contributed by atoms with van der Waals surface area (Å²) in [6.45, 7) is 6.12. The van der Waals surface area contributed by atoms with Crippen LogP contribution < -0.4 is 5.32 Å². The van der Waals surface area contributed by atoms with Gasteiger partial charge in [-0.2, -0.15) is 0 Å². The lowest BCUT2D eigenvalue weighted by molar-refractivity contribution is 0.0702. The molecule has 1 aromatic carbocycles. The summed E-state index contributed by atoms with van der Waals surface area (Å²) >= 11 is 1.44. The molecular formula is C22H26N4O2S. The standard InChI is InChI=1S/C22H26N4O2S/c1-3-23-22-25-15(2)19(29-22)21(27)26-11-7-10-17(14-26)20-24-13-18(28-20)12-16-8-5-4-6-9-16/h4-6,8-9,13,17H,3,7,10-12,14H2,1-2H3,(H,23,25)/t17-/m1/s1. The van der Waals surface area contributed by atoms with Gasteiger partial charge in [-0.25, -0.2) is 9.97 Å². The summed E-state index contributed by atoms with van der Waals surface area (Å²) in [5, 5.41) is 4.00. The summed E-state index contributed by atoms with van der Waals surface area (Å²) in [5.74, 6) is 1.80. The third-order valence-corrected chi connectivity index (χ3v) is 6.27. The SMILES string of the molecule is CCNc1nc(C)c(C(=O)N2CCC[C@@H](c3ncc(Cc4ccccc4)o3)C2)s1. The number of likely N-dealkylation sites (tertiary alicyclic amines) is 1. The minimum absolute atomic E-state index is 0.0601. The number of hydrogen-bond acceptors (Lipinski definition) is 6. The summed E-state index contributed by atoms with van der Waals surface area (Å²) in [6.07, 6.45) is 4.49. The summed E-state index contributed by atoms with van der Waals surface area (Å²) < 4.78 is 6.05. The third-order valence-electron chi connectivity index (χ3n) is 5.17. The van der Waals surface area contributed by atoms with Gasteiger partial charge in [0, 0.05) is 26.1 Å². The largest absolute Gasteiger partial charge is 0.445 e. The van der Waals surface area contributed by atoms with Gasteiger partial charge < -0.3 is 14.6 Å². The van der Waals surface area contributed by atoms with Gasteiger partial charge in [0.15, 0.2) is 11.0 Å². The van der Waals surface area contributed by atoms with Crippen LogP contribution in [-0.2, 0) is 6.42 Å². The van der Waals surface area contributed by atoms with Gasteiger partial charge in [-0.05, 0) is 32.3 Å². The molecule has 1 aliphatic heterocycles. The van der Waals surface area contributed by atoms with Gasteiger partial charge in [0.2, 0.25) is 0 Å². The molecule has 0 radical (unpaired) electrons. The topological polar surface area (TPSA) is 71.3 Å². The lowest BCUT2D eigenvalue weighted by Crippen LogP contribution is -2.39. The van der Waals surface area contributed by atoms with Gasteiger partial charge in [-0.1, -0.05) is 41.7 Å². The molecule has 7 heteroatoms. The van der Waals surface area contributed by atoms with Gasteiger partial charge in [-0.3, -0.25) is 4.79 Å². The Hall–Kier alpha value is -2.67. The number of aromatic nitrogens is 2. The van der Waals surface area contributed by atoms with Crippen molar-refractivity contribution in [1.82, 2.24) is 14.9 Å². The van der Waals surface area contributed by atoms with Crippen LogP contribution in [0.25, 0.3) is 0 Å². The highest BCUT2D eigenvalue weighted by Crippen LogP contribution is 2.30. The average Bonchev–Trinajstić information content (AvgIpc) is 3.35. The van der Waals surface area contributed by atoms with Crippen molar-refractivity contribution in [3.63, 3.8) is 0 Å². The molecule has 0 aliphatic carbocycles. The molecule has 0 saturated carbocycles. The zero-order valence-corrected chi connectivity index (χ0v) is 17.7. The van der Waals surface area contributed by atoms with Crippen LogP contribution in [0.1, 0.15) is 58.3 Å². The monoisotopic (exact) mass is 410 g/mol. The van der Waals surface area contributed by atoms with E-state index in [-0.39, 0.29) is 11.8 Å². The molecule has 4 rings (SSSR count). The fourth-order valence-electron chi connectivity index (χ4n) is 3.72. The molecule has 152 valence electrons. The van der Waals surface area contributed by atoms with Crippen LogP contribution >= 0.6 is 11.3 Å². The van der Waals surface area contributed by atoms with Crippen molar-refractivity contribution in [2.24, 2.45) is 0 Å². The van der Waals surface area contributed by atoms with Crippen LogP contribution in [0.5, 0.6) is 0 Å². The minimum Gasteiger partial charge on any atom is -0.445 e. The van der Waals surface area contributed by atoms with E-state index < -0.39 is 0 Å². The highest BCUT2D eigenvalue weighted by Gasteiger charge is 2.30. The van der Waals surface area contributed by atoms with Crippen molar-refractivity contribution in [1.29, 1.82) is 0 Å². The first kappa shape index (κ1) is 19.6. The lowest BCUT2D eigenvalue weighted by Gasteiger charge is -2.31. The van der Waals surface area contributed by atoms with Crippen LogP contribution in [0.4, 0.5) is 5.13 Å². The number of benzene rings is 1. The quantitative estimate of drug-likeness (QED) is 0.649. The Bertz CT molecular complexity index is 966. The Morgan fingerprint density at radius 3 is 2.97 bits per heavy atom. The fraction of sp³-hybridized carbons (Fsp3) is 0.409. The van der Waals surface area contributed by atoms with Crippen LogP contribution in [0.15, 0.2) is 40.9 Å².